The van der Waals surface area contributed by atoms with Crippen LogP contribution in [0.4, 0.5) is 5.69 Å². The number of hydrogen-bond donors (Lipinski definition) is 2. The van der Waals surface area contributed by atoms with E-state index in [0.29, 0.717) is 11.3 Å². The number of carboxylic acids is 1. The number of benzene rings is 1. The van der Waals surface area contributed by atoms with Crippen molar-refractivity contribution in [3.63, 3.8) is 0 Å². The van der Waals surface area contributed by atoms with Gasteiger partial charge in [-0.3, -0.25) is 0 Å². The van der Waals surface area contributed by atoms with Gasteiger partial charge in [-0.2, -0.15) is 0 Å². The zero-order valence-electron chi connectivity index (χ0n) is 7.32. The van der Waals surface area contributed by atoms with Gasteiger partial charge in [0.2, 0.25) is 0 Å². The highest BCUT2D eigenvalue weighted by atomic mass is 16.4. The fraction of sp³-hybridized carbons (Fsp3) is 0.100. The van der Waals surface area contributed by atoms with Gasteiger partial charge in [-0.05, 0) is 30.2 Å². The molecule has 1 aromatic carbocycles. The summed E-state index contributed by atoms with van der Waals surface area (Å²) in [4.78, 5) is 10.3. The lowest BCUT2D eigenvalue weighted by atomic mass is 10.1. The highest BCUT2D eigenvalue weighted by molar-refractivity contribution is 5.89. The van der Waals surface area contributed by atoms with Crippen molar-refractivity contribution in [3.8, 4) is 0 Å². The molecule has 0 aliphatic heterocycles. The summed E-state index contributed by atoms with van der Waals surface area (Å²) < 4.78 is 0. The number of rotatable bonds is 2. The third-order valence-corrected chi connectivity index (χ3v) is 1.71. The molecule has 1 rings (SSSR count). The van der Waals surface area contributed by atoms with E-state index in [1.165, 1.54) is 6.08 Å². The summed E-state index contributed by atoms with van der Waals surface area (Å²) in [6.07, 6.45) is 1.17. The van der Waals surface area contributed by atoms with E-state index in [1.807, 2.05) is 0 Å². The molecule has 0 aliphatic carbocycles. The number of aliphatic carboxylic acids is 1. The van der Waals surface area contributed by atoms with Crippen molar-refractivity contribution in [1.29, 1.82) is 0 Å². The van der Waals surface area contributed by atoms with Crippen molar-refractivity contribution in [2.75, 3.05) is 5.73 Å². The second-order valence-corrected chi connectivity index (χ2v) is 2.79. The van der Waals surface area contributed by atoms with E-state index in [4.69, 9.17) is 10.8 Å². The van der Waals surface area contributed by atoms with Crippen LogP contribution in [-0.4, -0.2) is 11.1 Å². The molecule has 0 amide bonds. The maximum atomic E-state index is 10.3. The standard InChI is InChI=1S/C10H11NO2/c1-7(6-10(12)13)8-2-4-9(11)5-3-8/h2-6H,11H2,1H3,(H,12,13)/b7-6+. The molecule has 1 aromatic rings. The molecule has 0 bridgehead atoms. The first-order chi connectivity index (χ1) is 6.09. The van der Waals surface area contributed by atoms with Crippen molar-refractivity contribution in [2.24, 2.45) is 0 Å². The van der Waals surface area contributed by atoms with E-state index in [0.717, 1.165) is 5.56 Å². The van der Waals surface area contributed by atoms with Gasteiger partial charge in [-0.25, -0.2) is 4.79 Å². The van der Waals surface area contributed by atoms with E-state index in [2.05, 4.69) is 0 Å². The first kappa shape index (κ1) is 9.32. The molecule has 0 aromatic heterocycles. The van der Waals surface area contributed by atoms with Crippen molar-refractivity contribution in [2.45, 2.75) is 6.92 Å². The first-order valence-electron chi connectivity index (χ1n) is 3.87. The molecule has 0 unspecified atom stereocenters. The van der Waals surface area contributed by atoms with E-state index < -0.39 is 5.97 Å². The Morgan fingerprint density at radius 2 is 1.92 bits per heavy atom. The molecule has 0 spiro atoms. The lowest BCUT2D eigenvalue weighted by molar-refractivity contribution is -0.131. The molecular weight excluding hydrogens is 166 g/mol. The third-order valence-electron chi connectivity index (χ3n) is 1.71. The molecule has 0 radical (unpaired) electrons. The Labute approximate surface area is 76.5 Å². The minimum atomic E-state index is -0.936. The predicted molar refractivity (Wildman–Crippen MR) is 52.1 cm³/mol. The minimum absolute atomic E-state index is 0.673. The highest BCUT2D eigenvalue weighted by Gasteiger charge is 1.97. The molecule has 3 N–H and O–H groups in total. The van der Waals surface area contributed by atoms with E-state index in [-0.39, 0.29) is 0 Å². The van der Waals surface area contributed by atoms with E-state index in [9.17, 15) is 4.79 Å². The quantitative estimate of drug-likeness (QED) is 0.534. The van der Waals surface area contributed by atoms with Gasteiger partial charge in [0.05, 0.1) is 0 Å². The van der Waals surface area contributed by atoms with Crippen molar-refractivity contribution < 1.29 is 9.90 Å². The maximum absolute atomic E-state index is 10.3. The van der Waals surface area contributed by atoms with Crippen molar-refractivity contribution in [1.82, 2.24) is 0 Å². The molecule has 13 heavy (non-hydrogen) atoms. The Balaban J connectivity index is 2.96. The Morgan fingerprint density at radius 1 is 1.38 bits per heavy atom. The summed E-state index contributed by atoms with van der Waals surface area (Å²) in [6, 6.07) is 7.08. The van der Waals surface area contributed by atoms with Gasteiger partial charge < -0.3 is 10.8 Å². The number of nitrogen functional groups attached to an aromatic ring is 1. The molecule has 3 heteroatoms. The highest BCUT2D eigenvalue weighted by Crippen LogP contribution is 2.14. The van der Waals surface area contributed by atoms with Gasteiger partial charge in [0.1, 0.15) is 0 Å². The monoisotopic (exact) mass is 177 g/mol. The Bertz CT molecular complexity index is 338. The number of hydrogen-bond acceptors (Lipinski definition) is 2. The number of allylic oxidation sites excluding steroid dienone is 1. The molecule has 0 saturated carbocycles. The SMILES string of the molecule is C/C(=C\C(=O)O)c1ccc(N)cc1. The maximum Gasteiger partial charge on any atom is 0.328 e. The fourth-order valence-corrected chi connectivity index (χ4v) is 1.01. The first-order valence-corrected chi connectivity index (χ1v) is 3.87. The Kier molecular flexibility index (Phi) is 2.69. The Hall–Kier alpha value is -1.77. The van der Waals surface area contributed by atoms with Crippen LogP contribution in [0.2, 0.25) is 0 Å². The molecule has 0 aliphatic rings. The lowest BCUT2D eigenvalue weighted by Crippen LogP contribution is -1.90. The summed E-state index contributed by atoms with van der Waals surface area (Å²) in [7, 11) is 0. The second-order valence-electron chi connectivity index (χ2n) is 2.79. The van der Waals surface area contributed by atoms with E-state index >= 15 is 0 Å². The normalized spacial score (nSPS) is 11.3. The summed E-state index contributed by atoms with van der Waals surface area (Å²) in [5.41, 5.74) is 7.75. The van der Waals surface area contributed by atoms with Crippen molar-refractivity contribution >= 4 is 17.2 Å². The molecular formula is C10H11NO2. The minimum Gasteiger partial charge on any atom is -0.478 e. The molecule has 0 fully saturated rings. The van der Waals surface area contributed by atoms with Gasteiger partial charge in [0.15, 0.2) is 0 Å². The van der Waals surface area contributed by atoms with Crippen LogP contribution in [-0.2, 0) is 4.79 Å². The van der Waals surface area contributed by atoms with Crippen LogP contribution in [0.15, 0.2) is 30.3 Å². The van der Waals surface area contributed by atoms with Crippen molar-refractivity contribution in [3.05, 3.63) is 35.9 Å². The largest absolute Gasteiger partial charge is 0.478 e. The molecule has 0 saturated heterocycles. The lowest BCUT2D eigenvalue weighted by Gasteiger charge is -2.00. The average molecular weight is 177 g/mol. The van der Waals surface area contributed by atoms with Gasteiger partial charge in [0.25, 0.3) is 0 Å². The van der Waals surface area contributed by atoms with Gasteiger partial charge in [-0.15, -0.1) is 0 Å². The molecule has 0 heterocycles. The predicted octanol–water partition coefficient (Wildman–Crippen LogP) is 1.76. The van der Waals surface area contributed by atoms with Gasteiger partial charge >= 0.3 is 5.97 Å². The van der Waals surface area contributed by atoms with Crippen LogP contribution < -0.4 is 5.73 Å². The van der Waals surface area contributed by atoms with Crippen LogP contribution in [0.3, 0.4) is 0 Å². The summed E-state index contributed by atoms with van der Waals surface area (Å²) in [5.74, 6) is -0.936. The number of nitrogens with two attached hydrogens (primary N) is 1. The van der Waals surface area contributed by atoms with Crippen LogP contribution in [0.5, 0.6) is 0 Å². The number of carboxylic acid groups (broad SMARTS) is 1. The van der Waals surface area contributed by atoms with Crippen LogP contribution in [0.1, 0.15) is 12.5 Å². The molecule has 0 atom stereocenters. The third kappa shape index (κ3) is 2.63. The summed E-state index contributed by atoms with van der Waals surface area (Å²) >= 11 is 0. The Morgan fingerprint density at radius 3 is 2.38 bits per heavy atom. The summed E-state index contributed by atoms with van der Waals surface area (Å²) in [6.45, 7) is 1.75. The second kappa shape index (κ2) is 3.76. The van der Waals surface area contributed by atoms with E-state index in [1.54, 1.807) is 31.2 Å². The van der Waals surface area contributed by atoms with Gasteiger partial charge in [-0.1, -0.05) is 12.1 Å². The topological polar surface area (TPSA) is 63.3 Å². The zero-order valence-corrected chi connectivity index (χ0v) is 7.32. The van der Waals surface area contributed by atoms with Crippen LogP contribution >= 0.6 is 0 Å². The van der Waals surface area contributed by atoms with Crippen LogP contribution in [0, 0.1) is 0 Å². The average Bonchev–Trinajstić information content (AvgIpc) is 2.04. The van der Waals surface area contributed by atoms with Crippen LogP contribution in [0.25, 0.3) is 5.57 Å². The fourth-order valence-electron chi connectivity index (χ4n) is 1.01. The smallest absolute Gasteiger partial charge is 0.328 e. The zero-order chi connectivity index (χ0) is 9.84. The molecule has 3 nitrogen and oxygen atoms in total. The van der Waals surface area contributed by atoms with Gasteiger partial charge in [0, 0.05) is 11.8 Å². The number of carbonyl (C=O) groups is 1. The molecule has 68 valence electrons. The number of anilines is 1. The summed E-state index contributed by atoms with van der Waals surface area (Å²) in [5, 5.41) is 8.50.